The average Bonchev–Trinajstić information content (AvgIpc) is 2.61. The molecule has 0 unspecified atom stereocenters. The van der Waals surface area contributed by atoms with E-state index >= 15 is 0 Å². The molecular weight excluding hydrogens is 302 g/mol. The first-order chi connectivity index (χ1) is 11.7. The van der Waals surface area contributed by atoms with Crippen molar-refractivity contribution in [1.82, 2.24) is 4.90 Å². The molecule has 0 radical (unpaired) electrons. The van der Waals surface area contributed by atoms with Gasteiger partial charge < -0.3 is 14.9 Å². The summed E-state index contributed by atoms with van der Waals surface area (Å²) in [5, 5.41) is 20.1. The highest BCUT2D eigenvalue weighted by atomic mass is 16.5. The molecule has 128 valence electrons. The summed E-state index contributed by atoms with van der Waals surface area (Å²) in [6.45, 7) is 2.68. The minimum Gasteiger partial charge on any atom is -0.489 e. The van der Waals surface area contributed by atoms with Gasteiger partial charge in [-0.15, -0.1) is 0 Å². The second-order valence-corrected chi connectivity index (χ2v) is 6.41. The largest absolute Gasteiger partial charge is 0.489 e. The lowest BCUT2D eigenvalue weighted by Crippen LogP contribution is -2.40. The number of rotatable bonds is 6. The average molecular weight is 327 g/mol. The van der Waals surface area contributed by atoms with Crippen LogP contribution < -0.4 is 4.74 Å². The fourth-order valence-corrected chi connectivity index (χ4v) is 3.07. The minimum absolute atomic E-state index is 0.264. The highest BCUT2D eigenvalue weighted by molar-refractivity contribution is 5.29. The number of nitrogens with zero attached hydrogens (tertiary/aromatic N) is 1. The Morgan fingerprint density at radius 3 is 2.54 bits per heavy atom. The van der Waals surface area contributed by atoms with E-state index in [-0.39, 0.29) is 6.10 Å². The number of β-amino-alcohol motifs (C(OH)–C–C–N with tert-alkyl or cyclic N) is 2. The van der Waals surface area contributed by atoms with Crippen LogP contribution in [0.4, 0.5) is 0 Å². The van der Waals surface area contributed by atoms with Crippen LogP contribution in [0.1, 0.15) is 30.1 Å². The van der Waals surface area contributed by atoms with Crippen LogP contribution in [0.2, 0.25) is 0 Å². The Labute approximate surface area is 143 Å². The van der Waals surface area contributed by atoms with E-state index in [1.807, 2.05) is 54.6 Å². The standard InChI is InChI=1S/C20H25NO3/c22-18-7-4-12-21(13-18)14-20(23)17-8-10-19(11-9-17)24-15-16-5-2-1-3-6-16/h1-3,5-6,8-11,18,20,22-23H,4,7,12-15H2/t18-,20+/m0/s1. The summed E-state index contributed by atoms with van der Waals surface area (Å²) in [5.41, 5.74) is 2.01. The molecule has 0 bridgehead atoms. The van der Waals surface area contributed by atoms with Gasteiger partial charge in [-0.2, -0.15) is 0 Å². The summed E-state index contributed by atoms with van der Waals surface area (Å²) >= 11 is 0. The molecule has 2 N–H and O–H groups in total. The quantitative estimate of drug-likeness (QED) is 0.857. The maximum atomic E-state index is 10.4. The number of hydrogen-bond acceptors (Lipinski definition) is 4. The first-order valence-corrected chi connectivity index (χ1v) is 8.56. The second kappa shape index (κ2) is 8.29. The highest BCUT2D eigenvalue weighted by Crippen LogP contribution is 2.21. The highest BCUT2D eigenvalue weighted by Gasteiger charge is 2.20. The molecule has 2 atom stereocenters. The normalized spacial score (nSPS) is 19.8. The maximum absolute atomic E-state index is 10.4. The van der Waals surface area contributed by atoms with Crippen LogP contribution in [-0.2, 0) is 6.61 Å². The Hall–Kier alpha value is -1.88. The Bertz CT molecular complexity index is 615. The Morgan fingerprint density at radius 2 is 1.83 bits per heavy atom. The molecule has 1 aliphatic rings. The zero-order chi connectivity index (χ0) is 16.8. The van der Waals surface area contributed by atoms with Gasteiger partial charge in [0.05, 0.1) is 12.2 Å². The van der Waals surface area contributed by atoms with Crippen LogP contribution in [0.15, 0.2) is 54.6 Å². The molecule has 0 spiro atoms. The van der Waals surface area contributed by atoms with E-state index in [1.165, 1.54) is 0 Å². The molecule has 2 aromatic rings. The van der Waals surface area contributed by atoms with Crippen molar-refractivity contribution in [2.75, 3.05) is 19.6 Å². The molecule has 4 nitrogen and oxygen atoms in total. The van der Waals surface area contributed by atoms with Gasteiger partial charge in [-0.05, 0) is 42.6 Å². The van der Waals surface area contributed by atoms with E-state index in [1.54, 1.807) is 0 Å². The van der Waals surface area contributed by atoms with E-state index in [9.17, 15) is 10.2 Å². The lowest BCUT2D eigenvalue weighted by molar-refractivity contribution is 0.0392. The first kappa shape index (κ1) is 17.0. The Kier molecular flexibility index (Phi) is 5.86. The van der Waals surface area contributed by atoms with Gasteiger partial charge in [0.25, 0.3) is 0 Å². The number of benzene rings is 2. The van der Waals surface area contributed by atoms with E-state index in [4.69, 9.17) is 4.74 Å². The molecule has 1 saturated heterocycles. The van der Waals surface area contributed by atoms with Gasteiger partial charge in [-0.25, -0.2) is 0 Å². The van der Waals surface area contributed by atoms with Crippen molar-refractivity contribution in [3.05, 3.63) is 65.7 Å². The van der Waals surface area contributed by atoms with Crippen molar-refractivity contribution in [3.8, 4) is 5.75 Å². The van der Waals surface area contributed by atoms with Crippen molar-refractivity contribution in [2.24, 2.45) is 0 Å². The number of piperidine rings is 1. The van der Waals surface area contributed by atoms with E-state index in [0.29, 0.717) is 19.7 Å². The van der Waals surface area contributed by atoms with E-state index < -0.39 is 6.10 Å². The number of likely N-dealkylation sites (tertiary alicyclic amines) is 1. The predicted molar refractivity (Wildman–Crippen MR) is 93.9 cm³/mol. The van der Waals surface area contributed by atoms with Crippen LogP contribution in [0.25, 0.3) is 0 Å². The van der Waals surface area contributed by atoms with Crippen LogP contribution in [-0.4, -0.2) is 40.9 Å². The molecule has 0 amide bonds. The lowest BCUT2D eigenvalue weighted by atomic mass is 10.1. The van der Waals surface area contributed by atoms with Gasteiger partial charge in [0.15, 0.2) is 0 Å². The topological polar surface area (TPSA) is 52.9 Å². The van der Waals surface area contributed by atoms with Crippen molar-refractivity contribution in [2.45, 2.75) is 31.7 Å². The molecule has 2 aromatic carbocycles. The SMILES string of the molecule is O[C@H]1CCCN(C[C@@H](O)c2ccc(OCc3ccccc3)cc2)C1. The van der Waals surface area contributed by atoms with Gasteiger partial charge in [0, 0.05) is 13.1 Å². The predicted octanol–water partition coefficient (Wildman–Crippen LogP) is 2.76. The van der Waals surface area contributed by atoms with E-state index in [0.717, 1.165) is 36.3 Å². The fourth-order valence-electron chi connectivity index (χ4n) is 3.07. The summed E-state index contributed by atoms with van der Waals surface area (Å²) in [4.78, 5) is 2.12. The van der Waals surface area contributed by atoms with Crippen molar-refractivity contribution < 1.29 is 14.9 Å². The van der Waals surface area contributed by atoms with Crippen LogP contribution in [0.5, 0.6) is 5.75 Å². The van der Waals surface area contributed by atoms with Gasteiger partial charge in [0.2, 0.25) is 0 Å². The van der Waals surface area contributed by atoms with Crippen LogP contribution in [0.3, 0.4) is 0 Å². The number of aliphatic hydroxyl groups is 2. The van der Waals surface area contributed by atoms with Crippen molar-refractivity contribution in [3.63, 3.8) is 0 Å². The monoisotopic (exact) mass is 327 g/mol. The molecule has 0 aliphatic carbocycles. The summed E-state index contributed by atoms with van der Waals surface area (Å²) in [6.07, 6.45) is 1.04. The zero-order valence-electron chi connectivity index (χ0n) is 13.8. The Balaban J connectivity index is 1.51. The third-order valence-corrected chi connectivity index (χ3v) is 4.42. The second-order valence-electron chi connectivity index (χ2n) is 6.41. The van der Waals surface area contributed by atoms with Crippen molar-refractivity contribution in [1.29, 1.82) is 0 Å². The molecule has 4 heteroatoms. The van der Waals surface area contributed by atoms with Gasteiger partial charge >= 0.3 is 0 Å². The smallest absolute Gasteiger partial charge is 0.119 e. The number of hydrogen-bond donors (Lipinski definition) is 2. The molecule has 0 saturated carbocycles. The molecule has 24 heavy (non-hydrogen) atoms. The van der Waals surface area contributed by atoms with Crippen LogP contribution >= 0.6 is 0 Å². The summed E-state index contributed by atoms with van der Waals surface area (Å²) in [7, 11) is 0. The maximum Gasteiger partial charge on any atom is 0.119 e. The molecule has 3 rings (SSSR count). The third-order valence-electron chi connectivity index (χ3n) is 4.42. The van der Waals surface area contributed by atoms with Gasteiger partial charge in [0.1, 0.15) is 12.4 Å². The fraction of sp³-hybridized carbons (Fsp3) is 0.400. The number of ether oxygens (including phenoxy) is 1. The molecule has 1 aliphatic heterocycles. The lowest BCUT2D eigenvalue weighted by Gasteiger charge is -2.31. The summed E-state index contributed by atoms with van der Waals surface area (Å²) in [5.74, 6) is 0.795. The third kappa shape index (κ3) is 4.81. The first-order valence-electron chi connectivity index (χ1n) is 8.56. The van der Waals surface area contributed by atoms with Crippen molar-refractivity contribution >= 4 is 0 Å². The number of aliphatic hydroxyl groups excluding tert-OH is 2. The Morgan fingerprint density at radius 1 is 1.08 bits per heavy atom. The molecule has 1 heterocycles. The van der Waals surface area contributed by atoms with Gasteiger partial charge in [-0.3, -0.25) is 4.90 Å². The molecule has 1 fully saturated rings. The minimum atomic E-state index is -0.543. The molecule has 0 aromatic heterocycles. The molecular formula is C20H25NO3. The summed E-state index contributed by atoms with van der Waals surface area (Å²) in [6, 6.07) is 17.7. The zero-order valence-corrected chi connectivity index (χ0v) is 13.8. The summed E-state index contributed by atoms with van der Waals surface area (Å²) < 4.78 is 5.77. The van der Waals surface area contributed by atoms with Gasteiger partial charge in [-0.1, -0.05) is 42.5 Å². The van der Waals surface area contributed by atoms with Crippen LogP contribution in [0, 0.1) is 0 Å². The van der Waals surface area contributed by atoms with E-state index in [2.05, 4.69) is 4.90 Å².